The van der Waals surface area contributed by atoms with Crippen molar-refractivity contribution in [2.45, 2.75) is 31.2 Å². The van der Waals surface area contributed by atoms with E-state index in [9.17, 15) is 9.18 Å². The molecule has 2 rings (SSSR count). The maximum atomic E-state index is 13.0. The lowest BCUT2D eigenvalue weighted by atomic mass is 9.97. The van der Waals surface area contributed by atoms with Crippen LogP contribution in [-0.2, 0) is 0 Å². The van der Waals surface area contributed by atoms with E-state index in [2.05, 4.69) is 5.32 Å². The van der Waals surface area contributed by atoms with E-state index in [1.54, 1.807) is 0 Å². The summed E-state index contributed by atoms with van der Waals surface area (Å²) in [4.78, 5) is 12.1. The van der Waals surface area contributed by atoms with Crippen LogP contribution in [0.15, 0.2) is 18.2 Å². The Morgan fingerprint density at radius 2 is 2.11 bits per heavy atom. The first-order chi connectivity index (χ1) is 8.56. The number of hydrogen-bond acceptors (Lipinski definition) is 2. The minimum absolute atomic E-state index is 0.0455. The second-order valence-electron chi connectivity index (χ2n) is 4.77. The third kappa shape index (κ3) is 2.65. The molecule has 5 heteroatoms. The van der Waals surface area contributed by atoms with Crippen LogP contribution in [0.25, 0.3) is 0 Å². The van der Waals surface area contributed by atoms with Gasteiger partial charge in [0.15, 0.2) is 0 Å². The second kappa shape index (κ2) is 5.24. The van der Waals surface area contributed by atoms with Crippen molar-refractivity contribution in [1.29, 1.82) is 0 Å². The lowest BCUT2D eigenvalue weighted by Crippen LogP contribution is -2.51. The van der Waals surface area contributed by atoms with Gasteiger partial charge in [-0.1, -0.05) is 24.4 Å². The fourth-order valence-corrected chi connectivity index (χ4v) is 2.56. The molecular weight excluding hydrogens is 255 g/mol. The van der Waals surface area contributed by atoms with Crippen LogP contribution in [0.2, 0.25) is 5.02 Å². The molecule has 18 heavy (non-hydrogen) atoms. The van der Waals surface area contributed by atoms with E-state index >= 15 is 0 Å². The van der Waals surface area contributed by atoms with E-state index in [0.717, 1.165) is 25.7 Å². The quantitative estimate of drug-likeness (QED) is 0.887. The van der Waals surface area contributed by atoms with Gasteiger partial charge in [-0.2, -0.15) is 0 Å². The van der Waals surface area contributed by atoms with Crippen LogP contribution >= 0.6 is 11.6 Å². The summed E-state index contributed by atoms with van der Waals surface area (Å²) in [5, 5.41) is 2.91. The zero-order valence-corrected chi connectivity index (χ0v) is 10.8. The molecule has 1 saturated carbocycles. The number of amides is 1. The van der Waals surface area contributed by atoms with E-state index < -0.39 is 5.82 Å². The van der Waals surface area contributed by atoms with Gasteiger partial charge in [0.1, 0.15) is 5.82 Å². The molecule has 0 heterocycles. The zero-order chi connectivity index (χ0) is 13.2. The molecule has 1 aliphatic rings. The number of nitrogens with two attached hydrogens (primary N) is 1. The molecule has 3 N–H and O–H groups in total. The SMILES string of the molecule is NCC1(NC(=O)c2ccc(F)c(Cl)c2)CCCC1. The summed E-state index contributed by atoms with van der Waals surface area (Å²) in [5.41, 5.74) is 5.80. The molecule has 3 nitrogen and oxygen atoms in total. The van der Waals surface area contributed by atoms with Crippen LogP contribution in [-0.4, -0.2) is 18.0 Å². The normalized spacial score (nSPS) is 17.7. The number of nitrogens with one attached hydrogen (secondary N) is 1. The third-order valence-electron chi connectivity index (χ3n) is 3.51. The fourth-order valence-electron chi connectivity index (χ4n) is 2.38. The van der Waals surface area contributed by atoms with Gasteiger partial charge in [-0.15, -0.1) is 0 Å². The monoisotopic (exact) mass is 270 g/mol. The van der Waals surface area contributed by atoms with E-state index in [0.29, 0.717) is 12.1 Å². The maximum absolute atomic E-state index is 13.0. The predicted molar refractivity (Wildman–Crippen MR) is 69.1 cm³/mol. The number of rotatable bonds is 3. The van der Waals surface area contributed by atoms with E-state index in [-0.39, 0.29) is 16.5 Å². The Morgan fingerprint density at radius 3 is 2.67 bits per heavy atom. The van der Waals surface area contributed by atoms with Crippen molar-refractivity contribution < 1.29 is 9.18 Å². The summed E-state index contributed by atoms with van der Waals surface area (Å²) in [5.74, 6) is -0.771. The Balaban J connectivity index is 2.13. The van der Waals surface area contributed by atoms with Gasteiger partial charge in [0.2, 0.25) is 0 Å². The standard InChI is InChI=1S/C13H16ClFN2O/c14-10-7-9(3-4-11(10)15)12(18)17-13(8-16)5-1-2-6-13/h3-4,7H,1-2,5-6,8,16H2,(H,17,18). The molecule has 1 aliphatic carbocycles. The number of carbonyl (C=O) groups excluding carboxylic acids is 1. The third-order valence-corrected chi connectivity index (χ3v) is 3.80. The molecule has 0 atom stereocenters. The van der Waals surface area contributed by atoms with Gasteiger partial charge < -0.3 is 11.1 Å². The van der Waals surface area contributed by atoms with Crippen molar-refractivity contribution in [3.8, 4) is 0 Å². The predicted octanol–water partition coefficient (Wildman–Crippen LogP) is 2.48. The Hall–Kier alpha value is -1.13. The number of carbonyl (C=O) groups is 1. The van der Waals surface area contributed by atoms with Gasteiger partial charge >= 0.3 is 0 Å². The molecule has 0 bridgehead atoms. The molecule has 1 amide bonds. The Kier molecular flexibility index (Phi) is 3.88. The van der Waals surface area contributed by atoms with Crippen LogP contribution in [0.3, 0.4) is 0 Å². The first kappa shape index (κ1) is 13.3. The molecule has 0 spiro atoms. The van der Waals surface area contributed by atoms with E-state index in [4.69, 9.17) is 17.3 Å². The minimum Gasteiger partial charge on any atom is -0.345 e. The van der Waals surface area contributed by atoms with Crippen LogP contribution in [0.1, 0.15) is 36.0 Å². The molecular formula is C13H16ClFN2O. The van der Waals surface area contributed by atoms with Crippen LogP contribution < -0.4 is 11.1 Å². The molecule has 0 aromatic heterocycles. The van der Waals surface area contributed by atoms with Gasteiger partial charge in [0.25, 0.3) is 5.91 Å². The average molecular weight is 271 g/mol. The van der Waals surface area contributed by atoms with Crippen molar-refractivity contribution >= 4 is 17.5 Å². The first-order valence-electron chi connectivity index (χ1n) is 6.04. The lowest BCUT2D eigenvalue weighted by molar-refractivity contribution is 0.0903. The van der Waals surface area contributed by atoms with Gasteiger partial charge in [0, 0.05) is 12.1 Å². The fraction of sp³-hybridized carbons (Fsp3) is 0.462. The van der Waals surface area contributed by atoms with Crippen molar-refractivity contribution in [2.24, 2.45) is 5.73 Å². The highest BCUT2D eigenvalue weighted by Gasteiger charge is 2.34. The minimum atomic E-state index is -0.525. The van der Waals surface area contributed by atoms with Crippen molar-refractivity contribution in [2.75, 3.05) is 6.54 Å². The van der Waals surface area contributed by atoms with Crippen molar-refractivity contribution in [3.05, 3.63) is 34.6 Å². The molecule has 0 unspecified atom stereocenters. The summed E-state index contributed by atoms with van der Waals surface area (Å²) >= 11 is 5.66. The molecule has 1 fully saturated rings. The van der Waals surface area contributed by atoms with Gasteiger partial charge in [-0.25, -0.2) is 4.39 Å². The highest BCUT2D eigenvalue weighted by molar-refractivity contribution is 6.31. The van der Waals surface area contributed by atoms with Crippen LogP contribution in [0.5, 0.6) is 0 Å². The first-order valence-corrected chi connectivity index (χ1v) is 6.42. The summed E-state index contributed by atoms with van der Waals surface area (Å²) in [6, 6.07) is 3.96. The summed E-state index contributed by atoms with van der Waals surface area (Å²) < 4.78 is 13.0. The smallest absolute Gasteiger partial charge is 0.251 e. The van der Waals surface area contributed by atoms with Crippen molar-refractivity contribution in [3.63, 3.8) is 0 Å². The van der Waals surface area contributed by atoms with Crippen LogP contribution in [0, 0.1) is 5.82 Å². The van der Waals surface area contributed by atoms with E-state index in [1.165, 1.54) is 18.2 Å². The Morgan fingerprint density at radius 1 is 1.44 bits per heavy atom. The topological polar surface area (TPSA) is 55.1 Å². The molecule has 1 aromatic rings. The number of benzene rings is 1. The molecule has 98 valence electrons. The van der Waals surface area contributed by atoms with E-state index in [1.807, 2.05) is 0 Å². The number of hydrogen-bond donors (Lipinski definition) is 2. The Bertz CT molecular complexity index is 458. The summed E-state index contributed by atoms with van der Waals surface area (Å²) in [6.45, 7) is 0.424. The van der Waals surface area contributed by atoms with Crippen LogP contribution in [0.4, 0.5) is 4.39 Å². The second-order valence-corrected chi connectivity index (χ2v) is 5.18. The summed E-state index contributed by atoms with van der Waals surface area (Å²) in [6.07, 6.45) is 3.93. The summed E-state index contributed by atoms with van der Waals surface area (Å²) in [7, 11) is 0. The van der Waals surface area contributed by atoms with Gasteiger partial charge in [0.05, 0.1) is 10.6 Å². The molecule has 0 radical (unpaired) electrons. The lowest BCUT2D eigenvalue weighted by Gasteiger charge is -2.28. The Labute approximate surface area is 111 Å². The largest absolute Gasteiger partial charge is 0.345 e. The van der Waals surface area contributed by atoms with Gasteiger partial charge in [-0.3, -0.25) is 4.79 Å². The maximum Gasteiger partial charge on any atom is 0.251 e. The highest BCUT2D eigenvalue weighted by atomic mass is 35.5. The molecule has 1 aromatic carbocycles. The molecule has 0 aliphatic heterocycles. The highest BCUT2D eigenvalue weighted by Crippen LogP contribution is 2.29. The van der Waals surface area contributed by atoms with Gasteiger partial charge in [-0.05, 0) is 31.0 Å². The average Bonchev–Trinajstić information content (AvgIpc) is 2.82. The number of halogens is 2. The molecule has 0 saturated heterocycles. The zero-order valence-electron chi connectivity index (χ0n) is 10.0. The van der Waals surface area contributed by atoms with Crippen molar-refractivity contribution in [1.82, 2.24) is 5.32 Å².